The Balaban J connectivity index is 2.60. The quantitative estimate of drug-likeness (QED) is 0.559. The number of hydrogen-bond acceptors (Lipinski definition) is 4. The molecule has 1 aliphatic rings. The van der Waals surface area contributed by atoms with Gasteiger partial charge in [0.05, 0.1) is 0 Å². The van der Waals surface area contributed by atoms with Crippen LogP contribution < -0.4 is 11.1 Å². The van der Waals surface area contributed by atoms with E-state index in [1.807, 2.05) is 6.92 Å². The van der Waals surface area contributed by atoms with Crippen LogP contribution in [0.4, 0.5) is 11.6 Å². The van der Waals surface area contributed by atoms with E-state index in [1.165, 1.54) is 0 Å². The minimum Gasteiger partial charge on any atom is -0.383 e. The lowest BCUT2D eigenvalue weighted by Crippen LogP contribution is -2.00. The minimum atomic E-state index is 0.623. The molecule has 4 heteroatoms. The number of anilines is 2. The van der Waals surface area contributed by atoms with E-state index in [-0.39, 0.29) is 0 Å². The monoisotopic (exact) mass is 150 g/mol. The lowest BCUT2D eigenvalue weighted by molar-refractivity contribution is 1.05. The van der Waals surface area contributed by atoms with Crippen LogP contribution in [0.5, 0.6) is 0 Å². The molecule has 58 valence electrons. The predicted octanol–water partition coefficient (Wildman–Crippen LogP) is 0.335. The molecule has 4 nitrogen and oxygen atoms in total. The third-order valence-corrected chi connectivity index (χ3v) is 1.82. The molecule has 0 aromatic carbocycles. The molecule has 0 atom stereocenters. The SMILES string of the molecule is Cc1nc(N)c2c(n1)NCC2. The summed E-state index contributed by atoms with van der Waals surface area (Å²) in [6, 6.07) is 0. The summed E-state index contributed by atoms with van der Waals surface area (Å²) in [4.78, 5) is 8.28. The second-order valence-corrected chi connectivity index (χ2v) is 2.66. The van der Waals surface area contributed by atoms with Gasteiger partial charge in [-0.1, -0.05) is 0 Å². The summed E-state index contributed by atoms with van der Waals surface area (Å²) in [6.07, 6.45) is 0.946. The molecule has 0 bridgehead atoms. The molecule has 0 unspecified atom stereocenters. The van der Waals surface area contributed by atoms with E-state index in [2.05, 4.69) is 15.3 Å². The molecule has 0 spiro atoms. The van der Waals surface area contributed by atoms with E-state index < -0.39 is 0 Å². The molecule has 1 aliphatic heterocycles. The van der Waals surface area contributed by atoms with Crippen LogP contribution >= 0.6 is 0 Å². The number of nitrogens with zero attached hydrogens (tertiary/aromatic N) is 2. The van der Waals surface area contributed by atoms with Crippen LogP contribution in [0.25, 0.3) is 0 Å². The maximum absolute atomic E-state index is 5.68. The lowest BCUT2D eigenvalue weighted by Gasteiger charge is -2.01. The summed E-state index contributed by atoms with van der Waals surface area (Å²) in [6.45, 7) is 2.77. The third-order valence-electron chi connectivity index (χ3n) is 1.82. The number of nitrogen functional groups attached to an aromatic ring is 1. The van der Waals surface area contributed by atoms with E-state index >= 15 is 0 Å². The average Bonchev–Trinajstić information content (AvgIpc) is 2.34. The van der Waals surface area contributed by atoms with Crippen LogP contribution in [0.15, 0.2) is 0 Å². The fourth-order valence-electron chi connectivity index (χ4n) is 1.32. The van der Waals surface area contributed by atoms with E-state index in [0.29, 0.717) is 5.82 Å². The maximum Gasteiger partial charge on any atom is 0.135 e. The second-order valence-electron chi connectivity index (χ2n) is 2.66. The third kappa shape index (κ3) is 0.906. The van der Waals surface area contributed by atoms with Crippen LogP contribution in [0.1, 0.15) is 11.4 Å². The van der Waals surface area contributed by atoms with Gasteiger partial charge in [-0.2, -0.15) is 0 Å². The highest BCUT2D eigenvalue weighted by atomic mass is 15.1. The molecule has 0 saturated heterocycles. The molecule has 2 rings (SSSR count). The Morgan fingerprint density at radius 1 is 1.45 bits per heavy atom. The highest BCUT2D eigenvalue weighted by molar-refractivity contribution is 5.59. The first-order valence-corrected chi connectivity index (χ1v) is 3.64. The van der Waals surface area contributed by atoms with E-state index in [4.69, 9.17) is 5.73 Å². The zero-order chi connectivity index (χ0) is 7.84. The molecule has 0 amide bonds. The molecule has 1 aromatic heterocycles. The van der Waals surface area contributed by atoms with Crippen LogP contribution in [0.2, 0.25) is 0 Å². The van der Waals surface area contributed by atoms with E-state index in [1.54, 1.807) is 0 Å². The van der Waals surface area contributed by atoms with Crippen molar-refractivity contribution in [3.63, 3.8) is 0 Å². The van der Waals surface area contributed by atoms with Gasteiger partial charge in [-0.05, 0) is 13.3 Å². The number of nitrogens with two attached hydrogens (primary N) is 1. The Hall–Kier alpha value is -1.32. The predicted molar refractivity (Wildman–Crippen MR) is 43.4 cm³/mol. The van der Waals surface area contributed by atoms with Gasteiger partial charge in [-0.25, -0.2) is 9.97 Å². The van der Waals surface area contributed by atoms with Gasteiger partial charge < -0.3 is 11.1 Å². The van der Waals surface area contributed by atoms with Gasteiger partial charge in [0, 0.05) is 12.1 Å². The Bertz CT molecular complexity index is 295. The first-order chi connectivity index (χ1) is 5.27. The zero-order valence-electron chi connectivity index (χ0n) is 6.39. The van der Waals surface area contributed by atoms with Crippen molar-refractivity contribution in [2.45, 2.75) is 13.3 Å². The summed E-state index contributed by atoms with van der Waals surface area (Å²) in [5.74, 6) is 2.27. The lowest BCUT2D eigenvalue weighted by atomic mass is 10.2. The average molecular weight is 150 g/mol. The molecule has 1 aromatic rings. The van der Waals surface area contributed by atoms with Crippen molar-refractivity contribution in [2.75, 3.05) is 17.6 Å². The molecular formula is C7H10N4. The Morgan fingerprint density at radius 2 is 2.27 bits per heavy atom. The van der Waals surface area contributed by atoms with E-state index in [0.717, 1.165) is 30.2 Å². The topological polar surface area (TPSA) is 63.8 Å². The molecule has 0 aliphatic carbocycles. The van der Waals surface area contributed by atoms with Gasteiger partial charge in [0.1, 0.15) is 17.5 Å². The first-order valence-electron chi connectivity index (χ1n) is 3.64. The normalized spacial score (nSPS) is 14.3. The van der Waals surface area contributed by atoms with Crippen molar-refractivity contribution in [1.82, 2.24) is 9.97 Å². The van der Waals surface area contributed by atoms with Crippen LogP contribution in [0, 0.1) is 6.92 Å². The van der Waals surface area contributed by atoms with Crippen molar-refractivity contribution < 1.29 is 0 Å². The fourth-order valence-corrected chi connectivity index (χ4v) is 1.32. The van der Waals surface area contributed by atoms with Crippen molar-refractivity contribution in [3.8, 4) is 0 Å². The van der Waals surface area contributed by atoms with Gasteiger partial charge in [0.25, 0.3) is 0 Å². The number of nitrogens with one attached hydrogen (secondary N) is 1. The maximum atomic E-state index is 5.68. The Kier molecular flexibility index (Phi) is 1.21. The fraction of sp³-hybridized carbons (Fsp3) is 0.429. The molecule has 2 heterocycles. The minimum absolute atomic E-state index is 0.623. The van der Waals surface area contributed by atoms with Crippen molar-refractivity contribution in [1.29, 1.82) is 0 Å². The standard InChI is InChI=1S/C7H10N4/c1-4-10-6(8)5-2-3-9-7(5)11-4/h2-3H2,1H3,(H3,8,9,10,11). The number of fused-ring (bicyclic) bond motifs is 1. The highest BCUT2D eigenvalue weighted by Crippen LogP contribution is 2.23. The Labute approximate surface area is 64.8 Å². The highest BCUT2D eigenvalue weighted by Gasteiger charge is 2.15. The van der Waals surface area contributed by atoms with Gasteiger partial charge in [0.15, 0.2) is 0 Å². The summed E-state index contributed by atoms with van der Waals surface area (Å²) in [7, 11) is 0. The van der Waals surface area contributed by atoms with Gasteiger partial charge >= 0.3 is 0 Å². The summed E-state index contributed by atoms with van der Waals surface area (Å²) >= 11 is 0. The van der Waals surface area contributed by atoms with Gasteiger partial charge in [-0.15, -0.1) is 0 Å². The molecule has 0 radical (unpaired) electrons. The van der Waals surface area contributed by atoms with Crippen LogP contribution in [-0.2, 0) is 6.42 Å². The largest absolute Gasteiger partial charge is 0.383 e. The molecular weight excluding hydrogens is 140 g/mol. The zero-order valence-corrected chi connectivity index (χ0v) is 6.39. The van der Waals surface area contributed by atoms with Crippen LogP contribution in [0.3, 0.4) is 0 Å². The van der Waals surface area contributed by atoms with E-state index in [9.17, 15) is 0 Å². The number of hydrogen-bond donors (Lipinski definition) is 2. The molecule has 11 heavy (non-hydrogen) atoms. The summed E-state index contributed by atoms with van der Waals surface area (Å²) < 4.78 is 0. The van der Waals surface area contributed by atoms with Gasteiger partial charge in [-0.3, -0.25) is 0 Å². The molecule has 0 saturated carbocycles. The van der Waals surface area contributed by atoms with Crippen LogP contribution in [-0.4, -0.2) is 16.5 Å². The smallest absolute Gasteiger partial charge is 0.135 e. The second kappa shape index (κ2) is 2.08. The van der Waals surface area contributed by atoms with Crippen molar-refractivity contribution >= 4 is 11.6 Å². The number of rotatable bonds is 0. The number of aryl methyl sites for hydroxylation is 1. The Morgan fingerprint density at radius 3 is 3.09 bits per heavy atom. The number of aromatic nitrogens is 2. The van der Waals surface area contributed by atoms with Crippen molar-refractivity contribution in [2.24, 2.45) is 0 Å². The summed E-state index contributed by atoms with van der Waals surface area (Å²) in [5, 5.41) is 3.15. The summed E-state index contributed by atoms with van der Waals surface area (Å²) in [5.41, 5.74) is 6.75. The van der Waals surface area contributed by atoms with Crippen molar-refractivity contribution in [3.05, 3.63) is 11.4 Å². The first kappa shape index (κ1) is 6.39. The molecule has 3 N–H and O–H groups in total. The molecule has 0 fully saturated rings. The van der Waals surface area contributed by atoms with Gasteiger partial charge in [0.2, 0.25) is 0 Å².